The summed E-state index contributed by atoms with van der Waals surface area (Å²) in [5, 5.41) is 3.11. The number of thiazole rings is 1. The van der Waals surface area contributed by atoms with Crippen LogP contribution < -0.4 is 0 Å². The van der Waals surface area contributed by atoms with Crippen LogP contribution in [-0.2, 0) is 6.42 Å². The lowest BCUT2D eigenvalue weighted by Crippen LogP contribution is -2.21. The Balaban J connectivity index is 2.16. The van der Waals surface area contributed by atoms with Crippen molar-refractivity contribution in [1.29, 1.82) is 0 Å². The number of nitrogens with zero attached hydrogens (tertiary/aromatic N) is 2. The van der Waals surface area contributed by atoms with E-state index in [2.05, 4.69) is 56.9 Å². The summed E-state index contributed by atoms with van der Waals surface area (Å²) in [6.07, 6.45) is 7.75. The Bertz CT molecular complexity index is 434. The van der Waals surface area contributed by atoms with E-state index in [1.54, 1.807) is 11.3 Å². The summed E-state index contributed by atoms with van der Waals surface area (Å²) in [6, 6.07) is 0. The fraction of sp³-hybridized carbons (Fsp3) is 0.583. The topological polar surface area (TPSA) is 17.3 Å². The monoisotopic (exact) mass is 300 g/mol. The van der Waals surface area contributed by atoms with Crippen LogP contribution in [0.2, 0.25) is 0 Å². The highest BCUT2D eigenvalue weighted by Gasteiger charge is 2.23. The molecule has 88 valence electrons. The SMILES string of the molecule is CCCC(C)(CBr)Cc1cn2ccsc2n1. The molecule has 0 bridgehead atoms. The molecule has 0 aliphatic rings. The molecule has 2 aromatic rings. The maximum Gasteiger partial charge on any atom is 0.193 e. The van der Waals surface area contributed by atoms with Crippen LogP contribution in [0.5, 0.6) is 0 Å². The summed E-state index contributed by atoms with van der Waals surface area (Å²) in [7, 11) is 0. The minimum atomic E-state index is 0.332. The zero-order chi connectivity index (χ0) is 11.6. The van der Waals surface area contributed by atoms with Gasteiger partial charge < -0.3 is 0 Å². The predicted molar refractivity (Wildman–Crippen MR) is 73.6 cm³/mol. The first-order chi connectivity index (χ1) is 7.67. The van der Waals surface area contributed by atoms with E-state index in [9.17, 15) is 0 Å². The molecule has 0 saturated heterocycles. The fourth-order valence-corrected chi connectivity index (χ4v) is 3.30. The molecule has 1 unspecified atom stereocenters. The molecular weight excluding hydrogens is 284 g/mol. The molecule has 0 aromatic carbocycles. The van der Waals surface area contributed by atoms with E-state index < -0.39 is 0 Å². The average molecular weight is 301 g/mol. The van der Waals surface area contributed by atoms with Gasteiger partial charge in [0.05, 0.1) is 5.69 Å². The predicted octanol–water partition coefficient (Wildman–Crippen LogP) is 4.14. The van der Waals surface area contributed by atoms with Gasteiger partial charge in [-0.3, -0.25) is 4.40 Å². The van der Waals surface area contributed by atoms with Gasteiger partial charge in [0, 0.05) is 23.1 Å². The van der Waals surface area contributed by atoms with Crippen molar-refractivity contribution in [2.45, 2.75) is 33.1 Å². The summed E-state index contributed by atoms with van der Waals surface area (Å²) in [5.74, 6) is 0. The van der Waals surface area contributed by atoms with Crippen LogP contribution in [0.25, 0.3) is 4.96 Å². The highest BCUT2D eigenvalue weighted by atomic mass is 79.9. The molecule has 0 fully saturated rings. The second kappa shape index (κ2) is 4.88. The van der Waals surface area contributed by atoms with Gasteiger partial charge in [-0.2, -0.15) is 0 Å². The van der Waals surface area contributed by atoms with Crippen molar-refractivity contribution < 1.29 is 0 Å². The highest BCUT2D eigenvalue weighted by molar-refractivity contribution is 9.09. The lowest BCUT2D eigenvalue weighted by Gasteiger charge is -2.25. The van der Waals surface area contributed by atoms with Crippen LogP contribution >= 0.6 is 27.3 Å². The van der Waals surface area contributed by atoms with Gasteiger partial charge in [-0.1, -0.05) is 36.2 Å². The third-order valence-corrected chi connectivity index (χ3v) is 5.05. The molecule has 0 aliphatic heterocycles. The van der Waals surface area contributed by atoms with E-state index in [1.165, 1.54) is 18.5 Å². The Morgan fingerprint density at radius 3 is 3.00 bits per heavy atom. The van der Waals surface area contributed by atoms with E-state index >= 15 is 0 Å². The Hall–Kier alpha value is -0.350. The van der Waals surface area contributed by atoms with Crippen molar-refractivity contribution in [3.8, 4) is 0 Å². The second-order valence-electron chi connectivity index (χ2n) is 4.70. The molecule has 2 rings (SSSR count). The van der Waals surface area contributed by atoms with Gasteiger partial charge in [0.1, 0.15) is 0 Å². The Labute approximate surface area is 109 Å². The Kier molecular flexibility index (Phi) is 3.70. The number of aromatic nitrogens is 2. The quantitative estimate of drug-likeness (QED) is 0.759. The van der Waals surface area contributed by atoms with Gasteiger partial charge in [0.15, 0.2) is 4.96 Å². The minimum absolute atomic E-state index is 0.332. The molecule has 16 heavy (non-hydrogen) atoms. The largest absolute Gasteiger partial charge is 0.297 e. The molecule has 0 saturated carbocycles. The van der Waals surface area contributed by atoms with E-state index in [0.717, 1.165) is 16.7 Å². The molecule has 2 nitrogen and oxygen atoms in total. The van der Waals surface area contributed by atoms with Crippen molar-refractivity contribution in [2.75, 3.05) is 5.33 Å². The van der Waals surface area contributed by atoms with Crippen LogP contribution in [0.15, 0.2) is 17.8 Å². The maximum atomic E-state index is 4.65. The van der Waals surface area contributed by atoms with Crippen LogP contribution in [0.1, 0.15) is 32.4 Å². The second-order valence-corrected chi connectivity index (χ2v) is 6.13. The van der Waals surface area contributed by atoms with Crippen molar-refractivity contribution in [3.05, 3.63) is 23.5 Å². The number of rotatable bonds is 5. The minimum Gasteiger partial charge on any atom is -0.297 e. The van der Waals surface area contributed by atoms with Crippen molar-refractivity contribution in [1.82, 2.24) is 9.38 Å². The molecule has 0 spiro atoms. The number of imidazole rings is 1. The van der Waals surface area contributed by atoms with E-state index in [4.69, 9.17) is 0 Å². The molecular formula is C12H17BrN2S. The summed E-state index contributed by atoms with van der Waals surface area (Å²) in [4.78, 5) is 5.75. The number of hydrogen-bond acceptors (Lipinski definition) is 2. The van der Waals surface area contributed by atoms with Crippen molar-refractivity contribution >= 4 is 32.2 Å². The van der Waals surface area contributed by atoms with Gasteiger partial charge in [0.2, 0.25) is 0 Å². The van der Waals surface area contributed by atoms with Crippen LogP contribution in [0.3, 0.4) is 0 Å². The summed E-state index contributed by atoms with van der Waals surface area (Å²) in [5.41, 5.74) is 1.54. The number of hydrogen-bond donors (Lipinski definition) is 0. The van der Waals surface area contributed by atoms with Crippen LogP contribution in [0.4, 0.5) is 0 Å². The zero-order valence-electron chi connectivity index (χ0n) is 9.74. The van der Waals surface area contributed by atoms with E-state index in [-0.39, 0.29) is 0 Å². The van der Waals surface area contributed by atoms with Gasteiger partial charge in [-0.15, -0.1) is 11.3 Å². The normalized spacial score (nSPS) is 15.4. The summed E-state index contributed by atoms with van der Waals surface area (Å²) >= 11 is 5.33. The van der Waals surface area contributed by atoms with Gasteiger partial charge in [-0.25, -0.2) is 4.98 Å². The van der Waals surface area contributed by atoms with Gasteiger partial charge in [-0.05, 0) is 18.3 Å². The third-order valence-electron chi connectivity index (χ3n) is 2.93. The molecule has 0 amide bonds. The van der Waals surface area contributed by atoms with Crippen LogP contribution in [0, 0.1) is 5.41 Å². The summed E-state index contributed by atoms with van der Waals surface area (Å²) < 4.78 is 2.11. The first-order valence-corrected chi connectivity index (χ1v) is 7.64. The Morgan fingerprint density at radius 1 is 1.56 bits per heavy atom. The summed E-state index contributed by atoms with van der Waals surface area (Å²) in [6.45, 7) is 4.57. The standard InChI is InChI=1S/C12H17BrN2S/c1-3-4-12(2,9-13)7-10-8-15-5-6-16-11(15)14-10/h5-6,8H,3-4,7,9H2,1-2H3. The molecule has 0 radical (unpaired) electrons. The lowest BCUT2D eigenvalue weighted by molar-refractivity contribution is 0.337. The molecule has 0 N–H and O–H groups in total. The van der Waals surface area contributed by atoms with E-state index in [0.29, 0.717) is 5.41 Å². The fourth-order valence-electron chi connectivity index (χ4n) is 2.10. The first kappa shape index (κ1) is 12.1. The van der Waals surface area contributed by atoms with Crippen LogP contribution in [-0.4, -0.2) is 14.7 Å². The third kappa shape index (κ3) is 2.48. The number of halogens is 1. The van der Waals surface area contributed by atoms with Gasteiger partial charge >= 0.3 is 0 Å². The number of alkyl halides is 1. The first-order valence-electron chi connectivity index (χ1n) is 5.64. The zero-order valence-corrected chi connectivity index (χ0v) is 12.1. The van der Waals surface area contributed by atoms with Crippen molar-refractivity contribution in [2.24, 2.45) is 5.41 Å². The van der Waals surface area contributed by atoms with E-state index in [1.807, 2.05) is 0 Å². The molecule has 2 heterocycles. The molecule has 2 aromatic heterocycles. The lowest BCUT2D eigenvalue weighted by atomic mass is 9.83. The number of fused-ring (bicyclic) bond motifs is 1. The Morgan fingerprint density at radius 2 is 2.38 bits per heavy atom. The molecule has 0 aliphatic carbocycles. The highest BCUT2D eigenvalue weighted by Crippen LogP contribution is 2.30. The van der Waals surface area contributed by atoms with Gasteiger partial charge in [0.25, 0.3) is 0 Å². The maximum absolute atomic E-state index is 4.65. The molecule has 4 heteroatoms. The smallest absolute Gasteiger partial charge is 0.193 e. The average Bonchev–Trinajstić information content (AvgIpc) is 2.78. The molecule has 1 atom stereocenters. The van der Waals surface area contributed by atoms with Crippen molar-refractivity contribution in [3.63, 3.8) is 0 Å².